The van der Waals surface area contributed by atoms with Crippen LogP contribution < -0.4 is 5.32 Å². The van der Waals surface area contributed by atoms with Gasteiger partial charge < -0.3 is 10.2 Å². The predicted octanol–water partition coefficient (Wildman–Crippen LogP) is 2.89. The van der Waals surface area contributed by atoms with Gasteiger partial charge in [0.2, 0.25) is 0 Å². The van der Waals surface area contributed by atoms with Gasteiger partial charge in [-0.3, -0.25) is 0 Å². The number of nitrogens with zero attached hydrogens (tertiary/aromatic N) is 1. The molecule has 2 saturated heterocycles. The first-order valence-corrected chi connectivity index (χ1v) is 7.65. The van der Waals surface area contributed by atoms with E-state index in [1.54, 1.807) is 0 Å². The normalized spacial score (nSPS) is 34.1. The average Bonchev–Trinajstić information content (AvgIpc) is 2.76. The van der Waals surface area contributed by atoms with Crippen molar-refractivity contribution in [1.82, 2.24) is 10.2 Å². The summed E-state index contributed by atoms with van der Waals surface area (Å²) >= 11 is 0. The minimum atomic E-state index is 0.637. The third kappa shape index (κ3) is 3.03. The van der Waals surface area contributed by atoms with E-state index in [1.165, 1.54) is 58.3 Å². The van der Waals surface area contributed by atoms with Gasteiger partial charge in [-0.1, -0.05) is 20.8 Å². The standard InChI is InChI=1S/C15H30N2/c1-4-15(5-2)8-10-17(12-15)11-14-13(3)7-6-9-16-14/h13-14,16H,4-12H2,1-3H3. The van der Waals surface area contributed by atoms with E-state index >= 15 is 0 Å². The Kier molecular flexibility index (Phi) is 4.48. The van der Waals surface area contributed by atoms with Crippen molar-refractivity contribution in [2.45, 2.75) is 58.9 Å². The second-order valence-electron chi connectivity index (χ2n) is 6.37. The van der Waals surface area contributed by atoms with E-state index in [2.05, 4.69) is 31.0 Å². The van der Waals surface area contributed by atoms with Crippen LogP contribution in [0.3, 0.4) is 0 Å². The molecule has 0 bridgehead atoms. The molecule has 2 fully saturated rings. The minimum Gasteiger partial charge on any atom is -0.312 e. The Hall–Kier alpha value is -0.0800. The van der Waals surface area contributed by atoms with E-state index in [0.29, 0.717) is 5.41 Å². The molecular weight excluding hydrogens is 208 g/mol. The molecule has 2 aliphatic rings. The molecule has 0 aromatic carbocycles. The maximum Gasteiger partial charge on any atom is 0.0220 e. The van der Waals surface area contributed by atoms with Gasteiger partial charge in [0.05, 0.1) is 0 Å². The van der Waals surface area contributed by atoms with Gasteiger partial charge in [-0.05, 0) is 56.5 Å². The van der Waals surface area contributed by atoms with Crippen molar-refractivity contribution in [3.8, 4) is 0 Å². The molecular formula is C15H30N2. The number of piperidine rings is 1. The molecule has 100 valence electrons. The molecule has 0 radical (unpaired) electrons. The summed E-state index contributed by atoms with van der Waals surface area (Å²) in [5.74, 6) is 0.863. The van der Waals surface area contributed by atoms with Gasteiger partial charge >= 0.3 is 0 Å². The van der Waals surface area contributed by atoms with Gasteiger partial charge in [-0.25, -0.2) is 0 Å². The van der Waals surface area contributed by atoms with Gasteiger partial charge in [0, 0.05) is 19.1 Å². The first-order valence-electron chi connectivity index (χ1n) is 7.65. The summed E-state index contributed by atoms with van der Waals surface area (Å²) in [6.45, 7) is 12.3. The Morgan fingerprint density at radius 1 is 1.29 bits per heavy atom. The lowest BCUT2D eigenvalue weighted by Gasteiger charge is -2.34. The van der Waals surface area contributed by atoms with Crippen molar-refractivity contribution in [3.63, 3.8) is 0 Å². The number of nitrogens with one attached hydrogen (secondary N) is 1. The van der Waals surface area contributed by atoms with Crippen LogP contribution in [0.1, 0.15) is 52.9 Å². The fraction of sp³-hybridized carbons (Fsp3) is 1.00. The SMILES string of the molecule is CCC1(CC)CCN(CC2NCCCC2C)C1. The highest BCUT2D eigenvalue weighted by Gasteiger charge is 2.36. The molecule has 2 unspecified atom stereocenters. The molecule has 2 heteroatoms. The Labute approximate surface area is 107 Å². The maximum atomic E-state index is 3.72. The number of likely N-dealkylation sites (tertiary alicyclic amines) is 1. The van der Waals surface area contributed by atoms with Crippen LogP contribution in [0.4, 0.5) is 0 Å². The molecule has 0 saturated carbocycles. The highest BCUT2D eigenvalue weighted by molar-refractivity contribution is 4.91. The summed E-state index contributed by atoms with van der Waals surface area (Å²) < 4.78 is 0. The van der Waals surface area contributed by atoms with Crippen molar-refractivity contribution in [3.05, 3.63) is 0 Å². The number of hydrogen-bond donors (Lipinski definition) is 1. The molecule has 2 aliphatic heterocycles. The largest absolute Gasteiger partial charge is 0.312 e. The topological polar surface area (TPSA) is 15.3 Å². The van der Waals surface area contributed by atoms with E-state index in [9.17, 15) is 0 Å². The quantitative estimate of drug-likeness (QED) is 0.810. The van der Waals surface area contributed by atoms with Crippen molar-refractivity contribution in [2.24, 2.45) is 11.3 Å². The molecule has 0 aromatic heterocycles. The zero-order chi connectivity index (χ0) is 12.3. The summed E-state index contributed by atoms with van der Waals surface area (Å²) in [4.78, 5) is 2.71. The molecule has 2 heterocycles. The third-order valence-corrected chi connectivity index (χ3v) is 5.40. The molecule has 2 atom stereocenters. The van der Waals surface area contributed by atoms with E-state index < -0.39 is 0 Å². The van der Waals surface area contributed by atoms with E-state index in [-0.39, 0.29) is 0 Å². The van der Waals surface area contributed by atoms with Crippen molar-refractivity contribution in [1.29, 1.82) is 0 Å². The monoisotopic (exact) mass is 238 g/mol. The van der Waals surface area contributed by atoms with Crippen LogP contribution in [0.2, 0.25) is 0 Å². The number of rotatable bonds is 4. The fourth-order valence-electron chi connectivity index (χ4n) is 3.65. The minimum absolute atomic E-state index is 0.637. The van der Waals surface area contributed by atoms with Crippen molar-refractivity contribution < 1.29 is 0 Å². The van der Waals surface area contributed by atoms with E-state index in [4.69, 9.17) is 0 Å². The predicted molar refractivity (Wildman–Crippen MR) is 74.3 cm³/mol. The molecule has 0 spiro atoms. The van der Waals surface area contributed by atoms with Gasteiger partial charge in [0.25, 0.3) is 0 Å². The highest BCUT2D eigenvalue weighted by Crippen LogP contribution is 2.37. The zero-order valence-corrected chi connectivity index (χ0v) is 12.0. The van der Waals surface area contributed by atoms with Crippen LogP contribution >= 0.6 is 0 Å². The van der Waals surface area contributed by atoms with Crippen LogP contribution in [0.15, 0.2) is 0 Å². The average molecular weight is 238 g/mol. The lowest BCUT2D eigenvalue weighted by atomic mass is 9.82. The Bertz CT molecular complexity index is 235. The fourth-order valence-corrected chi connectivity index (χ4v) is 3.65. The van der Waals surface area contributed by atoms with Crippen molar-refractivity contribution >= 4 is 0 Å². The summed E-state index contributed by atoms with van der Waals surface area (Å²) in [5, 5.41) is 3.72. The summed E-state index contributed by atoms with van der Waals surface area (Å²) in [6, 6.07) is 0.744. The molecule has 2 nitrogen and oxygen atoms in total. The third-order valence-electron chi connectivity index (χ3n) is 5.40. The second kappa shape index (κ2) is 5.71. The van der Waals surface area contributed by atoms with Crippen LogP contribution in [0, 0.1) is 11.3 Å². The Morgan fingerprint density at radius 2 is 2.06 bits per heavy atom. The Morgan fingerprint density at radius 3 is 2.65 bits per heavy atom. The molecule has 1 N–H and O–H groups in total. The van der Waals surface area contributed by atoms with Crippen LogP contribution in [-0.2, 0) is 0 Å². The first kappa shape index (κ1) is 13.4. The van der Waals surface area contributed by atoms with Crippen LogP contribution in [0.25, 0.3) is 0 Å². The second-order valence-corrected chi connectivity index (χ2v) is 6.37. The summed E-state index contributed by atoms with van der Waals surface area (Å²) in [5.41, 5.74) is 0.637. The molecule has 2 rings (SSSR count). The smallest absolute Gasteiger partial charge is 0.0220 e. The van der Waals surface area contributed by atoms with Crippen molar-refractivity contribution in [2.75, 3.05) is 26.2 Å². The van der Waals surface area contributed by atoms with E-state index in [1.807, 2.05) is 0 Å². The summed E-state index contributed by atoms with van der Waals surface area (Å²) in [6.07, 6.45) is 6.91. The summed E-state index contributed by atoms with van der Waals surface area (Å²) in [7, 11) is 0. The molecule has 0 aliphatic carbocycles. The lowest BCUT2D eigenvalue weighted by molar-refractivity contribution is 0.189. The van der Waals surface area contributed by atoms with Gasteiger partial charge in [0.15, 0.2) is 0 Å². The number of hydrogen-bond acceptors (Lipinski definition) is 2. The van der Waals surface area contributed by atoms with Gasteiger partial charge in [0.1, 0.15) is 0 Å². The van der Waals surface area contributed by atoms with Crippen LogP contribution in [0.5, 0.6) is 0 Å². The Balaban J connectivity index is 1.84. The molecule has 0 amide bonds. The van der Waals surface area contributed by atoms with E-state index in [0.717, 1.165) is 12.0 Å². The van der Waals surface area contributed by atoms with Gasteiger partial charge in [-0.2, -0.15) is 0 Å². The van der Waals surface area contributed by atoms with Crippen LogP contribution in [-0.4, -0.2) is 37.1 Å². The maximum absolute atomic E-state index is 3.72. The highest BCUT2D eigenvalue weighted by atomic mass is 15.2. The molecule has 17 heavy (non-hydrogen) atoms. The molecule has 0 aromatic rings. The zero-order valence-electron chi connectivity index (χ0n) is 12.0. The lowest BCUT2D eigenvalue weighted by Crippen LogP contribution is -2.47. The first-order chi connectivity index (χ1) is 8.19. The van der Waals surface area contributed by atoms with Gasteiger partial charge in [-0.15, -0.1) is 0 Å².